The molecule has 0 aromatic heterocycles. The Balaban J connectivity index is 1.64. The third kappa shape index (κ3) is 3.15. The fraction of sp³-hybridized carbons (Fsp3) is 1.00. The minimum absolute atomic E-state index is 0.186. The Labute approximate surface area is 128 Å². The van der Waals surface area contributed by atoms with E-state index < -0.39 is 9.84 Å². The van der Waals surface area contributed by atoms with E-state index in [2.05, 4.69) is 11.9 Å². The van der Waals surface area contributed by atoms with Crippen LogP contribution in [0, 0.1) is 11.8 Å². The van der Waals surface area contributed by atoms with Crippen LogP contribution < -0.4 is 0 Å². The lowest BCUT2D eigenvalue weighted by molar-refractivity contribution is -0.00846. The van der Waals surface area contributed by atoms with Crippen LogP contribution in [0.4, 0.5) is 0 Å². The largest absolute Gasteiger partial charge is 0.393 e. The quantitative estimate of drug-likeness (QED) is 0.863. The third-order valence-corrected chi connectivity index (χ3v) is 8.01. The molecule has 2 bridgehead atoms. The van der Waals surface area contributed by atoms with Gasteiger partial charge in [-0.1, -0.05) is 6.42 Å². The molecule has 4 nitrogen and oxygen atoms in total. The molecule has 0 amide bonds. The predicted octanol–water partition coefficient (Wildman–Crippen LogP) is 1.82. The average molecular weight is 315 g/mol. The Kier molecular flexibility index (Phi) is 4.37. The molecule has 3 rings (SSSR count). The number of sulfone groups is 1. The van der Waals surface area contributed by atoms with Crippen molar-refractivity contribution in [2.24, 2.45) is 11.8 Å². The van der Waals surface area contributed by atoms with Gasteiger partial charge in [0.15, 0.2) is 0 Å². The molecule has 1 saturated carbocycles. The zero-order valence-corrected chi connectivity index (χ0v) is 14.1. The van der Waals surface area contributed by atoms with Gasteiger partial charge in [0.2, 0.25) is 0 Å². The summed E-state index contributed by atoms with van der Waals surface area (Å²) in [6.07, 6.45) is 9.15. The Hall–Kier alpha value is -0.130. The van der Waals surface area contributed by atoms with Crippen LogP contribution in [0.15, 0.2) is 0 Å². The van der Waals surface area contributed by atoms with Gasteiger partial charge in [0.25, 0.3) is 0 Å². The van der Waals surface area contributed by atoms with Crippen molar-refractivity contribution in [3.8, 4) is 0 Å². The highest BCUT2D eigenvalue weighted by atomic mass is 32.2. The topological polar surface area (TPSA) is 57.6 Å². The van der Waals surface area contributed by atoms with Crippen molar-refractivity contribution in [3.05, 3.63) is 0 Å². The number of rotatable bonds is 3. The SMILES string of the molecule is CN1C2CCC1CC(C(O)C1CCCC(S(C)(=O)=O)C1)C2. The smallest absolute Gasteiger partial charge is 0.150 e. The minimum atomic E-state index is -2.96. The van der Waals surface area contributed by atoms with E-state index in [-0.39, 0.29) is 17.3 Å². The van der Waals surface area contributed by atoms with Crippen LogP contribution in [0.25, 0.3) is 0 Å². The number of fused-ring (bicyclic) bond motifs is 2. The van der Waals surface area contributed by atoms with Crippen LogP contribution >= 0.6 is 0 Å². The summed E-state index contributed by atoms with van der Waals surface area (Å²) in [4.78, 5) is 2.49. The molecule has 1 aliphatic carbocycles. The van der Waals surface area contributed by atoms with E-state index >= 15 is 0 Å². The summed E-state index contributed by atoms with van der Waals surface area (Å²) in [5.41, 5.74) is 0. The Bertz CT molecular complexity index is 464. The summed E-state index contributed by atoms with van der Waals surface area (Å²) in [5, 5.41) is 10.6. The number of hydrogen-bond donors (Lipinski definition) is 1. The molecule has 2 aliphatic heterocycles. The summed E-state index contributed by atoms with van der Waals surface area (Å²) in [6, 6.07) is 1.27. The van der Waals surface area contributed by atoms with Gasteiger partial charge >= 0.3 is 0 Å². The highest BCUT2D eigenvalue weighted by molar-refractivity contribution is 7.91. The molecular weight excluding hydrogens is 286 g/mol. The van der Waals surface area contributed by atoms with E-state index in [0.717, 1.165) is 32.1 Å². The van der Waals surface area contributed by atoms with Crippen LogP contribution in [0.5, 0.6) is 0 Å². The van der Waals surface area contributed by atoms with E-state index in [9.17, 15) is 13.5 Å². The zero-order valence-electron chi connectivity index (χ0n) is 13.2. The van der Waals surface area contributed by atoms with Crippen molar-refractivity contribution >= 4 is 9.84 Å². The Morgan fingerprint density at radius 2 is 1.62 bits per heavy atom. The highest BCUT2D eigenvalue weighted by Gasteiger charge is 2.43. The van der Waals surface area contributed by atoms with Crippen molar-refractivity contribution < 1.29 is 13.5 Å². The lowest BCUT2D eigenvalue weighted by Gasteiger charge is -2.41. The molecule has 0 spiro atoms. The van der Waals surface area contributed by atoms with Crippen molar-refractivity contribution in [2.75, 3.05) is 13.3 Å². The highest BCUT2D eigenvalue weighted by Crippen LogP contribution is 2.42. The fourth-order valence-corrected chi connectivity index (χ4v) is 6.19. The first-order chi connectivity index (χ1) is 9.86. The first kappa shape index (κ1) is 15.8. The second-order valence-corrected chi connectivity index (χ2v) is 9.98. The molecule has 5 heteroatoms. The Morgan fingerprint density at radius 3 is 2.19 bits per heavy atom. The van der Waals surface area contributed by atoms with Gasteiger partial charge in [-0.2, -0.15) is 0 Å². The molecule has 5 atom stereocenters. The maximum atomic E-state index is 11.8. The molecule has 2 heterocycles. The van der Waals surface area contributed by atoms with E-state index in [1.807, 2.05) is 0 Å². The van der Waals surface area contributed by atoms with Crippen molar-refractivity contribution in [1.82, 2.24) is 4.90 Å². The normalized spacial score (nSPS) is 42.9. The summed E-state index contributed by atoms with van der Waals surface area (Å²) in [5.74, 6) is 0.563. The van der Waals surface area contributed by atoms with E-state index in [0.29, 0.717) is 24.4 Å². The lowest BCUT2D eigenvalue weighted by atomic mass is 9.76. The number of piperidine rings is 1. The Morgan fingerprint density at radius 1 is 1.00 bits per heavy atom. The van der Waals surface area contributed by atoms with Gasteiger partial charge in [-0.15, -0.1) is 0 Å². The first-order valence-electron chi connectivity index (χ1n) is 8.45. The molecule has 3 fully saturated rings. The summed E-state index contributed by atoms with van der Waals surface area (Å²) in [7, 11) is -0.747. The third-order valence-electron chi connectivity index (χ3n) is 6.37. The zero-order chi connectivity index (χ0) is 15.2. The van der Waals surface area contributed by atoms with Gasteiger partial charge < -0.3 is 10.0 Å². The van der Waals surface area contributed by atoms with E-state index in [1.165, 1.54) is 19.1 Å². The van der Waals surface area contributed by atoms with Gasteiger partial charge in [0.05, 0.1) is 11.4 Å². The maximum Gasteiger partial charge on any atom is 0.150 e. The maximum absolute atomic E-state index is 11.8. The molecule has 0 aromatic carbocycles. The van der Waals surface area contributed by atoms with E-state index in [4.69, 9.17) is 0 Å². The molecule has 5 unspecified atom stereocenters. The van der Waals surface area contributed by atoms with Crippen LogP contribution in [0.1, 0.15) is 51.4 Å². The number of nitrogens with zero attached hydrogens (tertiary/aromatic N) is 1. The van der Waals surface area contributed by atoms with Crippen LogP contribution in [0.3, 0.4) is 0 Å². The molecule has 0 radical (unpaired) electrons. The summed E-state index contributed by atoms with van der Waals surface area (Å²) < 4.78 is 23.6. The van der Waals surface area contributed by atoms with Crippen LogP contribution in [0.2, 0.25) is 0 Å². The second-order valence-electron chi connectivity index (χ2n) is 7.65. The molecular formula is C16H29NO3S. The van der Waals surface area contributed by atoms with Crippen molar-refractivity contribution in [3.63, 3.8) is 0 Å². The van der Waals surface area contributed by atoms with Gasteiger partial charge in [0.1, 0.15) is 9.84 Å². The molecule has 122 valence electrons. The summed E-state index contributed by atoms with van der Waals surface area (Å²) >= 11 is 0. The number of hydrogen-bond acceptors (Lipinski definition) is 4. The van der Waals surface area contributed by atoms with Crippen LogP contribution in [-0.4, -0.2) is 55.2 Å². The minimum Gasteiger partial charge on any atom is -0.393 e. The lowest BCUT2D eigenvalue weighted by Crippen LogP contribution is -2.46. The fourth-order valence-electron chi connectivity index (χ4n) is 5.00. The van der Waals surface area contributed by atoms with Gasteiger partial charge in [0, 0.05) is 18.3 Å². The standard InChI is InChI=1S/C16H29NO3S/c1-17-13-6-7-14(17)9-12(8-13)16(18)11-4-3-5-15(10-11)21(2,19)20/h11-16,18H,3-10H2,1-2H3. The second kappa shape index (κ2) is 5.82. The van der Waals surface area contributed by atoms with E-state index in [1.54, 1.807) is 0 Å². The molecule has 3 aliphatic rings. The van der Waals surface area contributed by atoms with Gasteiger partial charge in [-0.25, -0.2) is 8.42 Å². The first-order valence-corrected chi connectivity index (χ1v) is 10.4. The molecule has 2 saturated heterocycles. The van der Waals surface area contributed by atoms with Crippen molar-refractivity contribution in [2.45, 2.75) is 74.8 Å². The molecule has 0 aromatic rings. The molecule has 1 N–H and O–H groups in total. The monoisotopic (exact) mass is 315 g/mol. The molecule has 21 heavy (non-hydrogen) atoms. The van der Waals surface area contributed by atoms with Crippen LogP contribution in [-0.2, 0) is 9.84 Å². The van der Waals surface area contributed by atoms with Gasteiger partial charge in [-0.05, 0) is 63.8 Å². The average Bonchev–Trinajstić information content (AvgIpc) is 2.66. The summed E-state index contributed by atoms with van der Waals surface area (Å²) in [6.45, 7) is 0. The number of aliphatic hydroxyl groups is 1. The van der Waals surface area contributed by atoms with Gasteiger partial charge in [-0.3, -0.25) is 0 Å². The predicted molar refractivity (Wildman–Crippen MR) is 83.9 cm³/mol. The van der Waals surface area contributed by atoms with Crippen molar-refractivity contribution in [1.29, 1.82) is 0 Å². The number of aliphatic hydroxyl groups excluding tert-OH is 1.